The molecule has 1 fully saturated rings. The molecular weight excluding hydrogens is 230 g/mol. The molecule has 2 N–H and O–H groups in total. The van der Waals surface area contributed by atoms with Gasteiger partial charge in [0.1, 0.15) is 0 Å². The second kappa shape index (κ2) is 4.72. The Kier molecular flexibility index (Phi) is 3.43. The topological polar surface area (TPSA) is 67.2 Å². The van der Waals surface area contributed by atoms with E-state index in [2.05, 4.69) is 10.4 Å². The van der Waals surface area contributed by atoms with Gasteiger partial charge in [0, 0.05) is 19.3 Å². The highest BCUT2D eigenvalue weighted by Gasteiger charge is 2.31. The molecule has 5 nitrogen and oxygen atoms in total. The predicted octanol–water partition coefficient (Wildman–Crippen LogP) is 1.07. The molecule has 1 aromatic rings. The van der Waals surface area contributed by atoms with Gasteiger partial charge in [-0.15, -0.1) is 0 Å². The Bertz CT molecular complexity index is 459. The fourth-order valence-electron chi connectivity index (χ4n) is 2.65. The van der Waals surface area contributed by atoms with Crippen LogP contribution in [0.15, 0.2) is 0 Å². The monoisotopic (exact) mass is 251 g/mol. The smallest absolute Gasteiger partial charge is 0.255 e. The first-order valence-corrected chi connectivity index (χ1v) is 6.44. The van der Waals surface area contributed by atoms with Crippen LogP contribution in [-0.4, -0.2) is 32.9 Å². The number of carbonyl (C=O) groups excluding carboxylic acids is 1. The van der Waals surface area contributed by atoms with Gasteiger partial charge in [-0.05, 0) is 26.7 Å². The zero-order valence-electron chi connectivity index (χ0n) is 11.3. The zero-order valence-corrected chi connectivity index (χ0v) is 11.3. The molecule has 0 aromatic carbocycles. The van der Waals surface area contributed by atoms with Crippen LogP contribution in [-0.2, 0) is 7.05 Å². The van der Waals surface area contributed by atoms with Crippen LogP contribution < -0.4 is 5.32 Å². The number of amides is 1. The summed E-state index contributed by atoms with van der Waals surface area (Å²) in [5.74, 6) is -0.140. The van der Waals surface area contributed by atoms with Crippen LogP contribution in [0, 0.1) is 13.8 Å². The van der Waals surface area contributed by atoms with Crippen molar-refractivity contribution in [2.75, 3.05) is 6.54 Å². The van der Waals surface area contributed by atoms with Gasteiger partial charge in [-0.25, -0.2) is 0 Å². The predicted molar refractivity (Wildman–Crippen MR) is 68.4 cm³/mol. The molecule has 1 aliphatic carbocycles. The van der Waals surface area contributed by atoms with Gasteiger partial charge in [-0.3, -0.25) is 9.48 Å². The summed E-state index contributed by atoms with van der Waals surface area (Å²) in [6, 6.07) is 0. The summed E-state index contributed by atoms with van der Waals surface area (Å²) in [4.78, 5) is 12.1. The Hall–Kier alpha value is -1.36. The number of aliphatic hydroxyl groups is 1. The van der Waals surface area contributed by atoms with E-state index in [1.807, 2.05) is 20.9 Å². The second-order valence-corrected chi connectivity index (χ2v) is 5.28. The molecule has 0 atom stereocenters. The van der Waals surface area contributed by atoms with E-state index in [1.165, 1.54) is 0 Å². The standard InChI is InChI=1S/C13H21N3O2/c1-9-11(10(2)16(3)15-9)12(17)14-8-13(18)6-4-5-7-13/h18H,4-8H2,1-3H3,(H,14,17). The largest absolute Gasteiger partial charge is 0.388 e. The molecule has 0 aliphatic heterocycles. The van der Waals surface area contributed by atoms with Gasteiger partial charge in [0.05, 0.1) is 16.9 Å². The van der Waals surface area contributed by atoms with E-state index < -0.39 is 5.60 Å². The summed E-state index contributed by atoms with van der Waals surface area (Å²) < 4.78 is 1.70. The first kappa shape index (κ1) is 13.1. The molecule has 1 amide bonds. The van der Waals surface area contributed by atoms with Gasteiger partial charge in [-0.1, -0.05) is 12.8 Å². The minimum absolute atomic E-state index is 0.140. The van der Waals surface area contributed by atoms with E-state index in [4.69, 9.17) is 0 Å². The van der Waals surface area contributed by atoms with Gasteiger partial charge in [0.25, 0.3) is 5.91 Å². The molecule has 0 spiro atoms. The maximum atomic E-state index is 12.1. The van der Waals surface area contributed by atoms with Crippen molar-refractivity contribution in [3.63, 3.8) is 0 Å². The molecular formula is C13H21N3O2. The molecule has 0 radical (unpaired) electrons. The summed E-state index contributed by atoms with van der Waals surface area (Å²) in [6.07, 6.45) is 3.63. The minimum atomic E-state index is -0.709. The maximum absolute atomic E-state index is 12.1. The average Bonchev–Trinajstić information content (AvgIpc) is 2.83. The second-order valence-electron chi connectivity index (χ2n) is 5.28. The lowest BCUT2D eigenvalue weighted by molar-refractivity contribution is 0.0449. The van der Waals surface area contributed by atoms with Crippen LogP contribution in [0.4, 0.5) is 0 Å². The van der Waals surface area contributed by atoms with Crippen molar-refractivity contribution in [1.29, 1.82) is 0 Å². The van der Waals surface area contributed by atoms with Crippen LogP contribution in [0.5, 0.6) is 0 Å². The summed E-state index contributed by atoms with van der Waals surface area (Å²) in [6.45, 7) is 4.03. The van der Waals surface area contributed by atoms with Gasteiger partial charge >= 0.3 is 0 Å². The number of hydrogen-bond acceptors (Lipinski definition) is 3. The number of aromatic nitrogens is 2. The maximum Gasteiger partial charge on any atom is 0.255 e. The first-order valence-electron chi connectivity index (χ1n) is 6.44. The average molecular weight is 251 g/mol. The highest BCUT2D eigenvalue weighted by atomic mass is 16.3. The minimum Gasteiger partial charge on any atom is -0.388 e. The summed E-state index contributed by atoms with van der Waals surface area (Å²) in [5.41, 5.74) is 1.49. The third-order valence-electron chi connectivity index (χ3n) is 3.85. The van der Waals surface area contributed by atoms with E-state index >= 15 is 0 Å². The van der Waals surface area contributed by atoms with Gasteiger partial charge in [0.2, 0.25) is 0 Å². The zero-order chi connectivity index (χ0) is 13.3. The lowest BCUT2D eigenvalue weighted by atomic mass is 10.0. The summed E-state index contributed by atoms with van der Waals surface area (Å²) in [7, 11) is 1.82. The fourth-order valence-corrected chi connectivity index (χ4v) is 2.65. The van der Waals surface area contributed by atoms with Gasteiger partial charge < -0.3 is 10.4 Å². The molecule has 0 unspecified atom stereocenters. The summed E-state index contributed by atoms with van der Waals surface area (Å²) >= 11 is 0. The lowest BCUT2D eigenvalue weighted by Crippen LogP contribution is -2.41. The van der Waals surface area contributed by atoms with Crippen molar-refractivity contribution >= 4 is 5.91 Å². The van der Waals surface area contributed by atoms with Crippen molar-refractivity contribution < 1.29 is 9.90 Å². The number of nitrogens with zero attached hydrogens (tertiary/aromatic N) is 2. The normalized spacial score (nSPS) is 18.0. The molecule has 18 heavy (non-hydrogen) atoms. The van der Waals surface area contributed by atoms with E-state index in [1.54, 1.807) is 4.68 Å². The number of rotatable bonds is 3. The van der Waals surface area contributed by atoms with Crippen LogP contribution >= 0.6 is 0 Å². The van der Waals surface area contributed by atoms with Crippen molar-refractivity contribution in [2.45, 2.75) is 45.1 Å². The molecule has 0 bridgehead atoms. The lowest BCUT2D eigenvalue weighted by Gasteiger charge is -2.22. The first-order chi connectivity index (χ1) is 8.43. The van der Waals surface area contributed by atoms with E-state index in [0.29, 0.717) is 12.1 Å². The van der Waals surface area contributed by atoms with Crippen molar-refractivity contribution in [1.82, 2.24) is 15.1 Å². The Morgan fingerprint density at radius 2 is 2.06 bits per heavy atom. The molecule has 0 saturated heterocycles. The van der Waals surface area contributed by atoms with Crippen LogP contribution in [0.25, 0.3) is 0 Å². The van der Waals surface area contributed by atoms with Crippen molar-refractivity contribution in [3.8, 4) is 0 Å². The quantitative estimate of drug-likeness (QED) is 0.844. The Morgan fingerprint density at radius 3 is 2.56 bits per heavy atom. The van der Waals surface area contributed by atoms with Crippen LogP contribution in [0.1, 0.15) is 47.4 Å². The molecule has 5 heteroatoms. The van der Waals surface area contributed by atoms with E-state index in [9.17, 15) is 9.90 Å². The molecule has 1 heterocycles. The Balaban J connectivity index is 2.04. The van der Waals surface area contributed by atoms with Gasteiger partial charge in [-0.2, -0.15) is 5.10 Å². The number of hydrogen-bond donors (Lipinski definition) is 2. The highest BCUT2D eigenvalue weighted by Crippen LogP contribution is 2.28. The van der Waals surface area contributed by atoms with E-state index in [-0.39, 0.29) is 5.91 Å². The molecule has 1 aliphatic rings. The molecule has 1 saturated carbocycles. The third kappa shape index (κ3) is 2.41. The number of aryl methyl sites for hydroxylation is 2. The van der Waals surface area contributed by atoms with Crippen molar-refractivity contribution in [3.05, 3.63) is 17.0 Å². The molecule has 100 valence electrons. The number of nitrogens with one attached hydrogen (secondary N) is 1. The van der Waals surface area contributed by atoms with Gasteiger partial charge in [0.15, 0.2) is 0 Å². The van der Waals surface area contributed by atoms with Crippen LogP contribution in [0.3, 0.4) is 0 Å². The molecule has 2 rings (SSSR count). The SMILES string of the molecule is Cc1nn(C)c(C)c1C(=O)NCC1(O)CCCC1. The number of carbonyl (C=O) groups is 1. The third-order valence-corrected chi connectivity index (χ3v) is 3.85. The Morgan fingerprint density at radius 1 is 1.44 bits per heavy atom. The molecule has 1 aromatic heterocycles. The Labute approximate surface area is 107 Å². The van der Waals surface area contributed by atoms with Crippen molar-refractivity contribution in [2.24, 2.45) is 7.05 Å². The highest BCUT2D eigenvalue weighted by molar-refractivity contribution is 5.96. The van der Waals surface area contributed by atoms with Crippen LogP contribution in [0.2, 0.25) is 0 Å². The van der Waals surface area contributed by atoms with E-state index in [0.717, 1.165) is 37.1 Å². The fraction of sp³-hybridized carbons (Fsp3) is 0.692. The summed E-state index contributed by atoms with van der Waals surface area (Å²) in [5, 5.41) is 17.3.